The minimum Gasteiger partial charge on any atom is -0.390 e. The fraction of sp³-hybridized carbons (Fsp3) is 1.00. The van der Waals surface area contributed by atoms with Crippen molar-refractivity contribution in [3.8, 4) is 0 Å². The van der Waals surface area contributed by atoms with Crippen molar-refractivity contribution < 1.29 is 32.1 Å². The zero-order valence-electron chi connectivity index (χ0n) is 7.84. The number of hydrogen-bond donors (Lipinski definition) is 1. The fourth-order valence-electron chi connectivity index (χ4n) is 1.14. The number of hydrogen-bond acceptors (Lipinski definition) is 3. The molecule has 0 saturated carbocycles. The number of alkyl halides is 4. The monoisotopic (exact) mass is 232 g/mol. The average Bonchev–Trinajstić information content (AvgIpc) is 2.16. The summed E-state index contributed by atoms with van der Waals surface area (Å²) in [5, 5.41) is 9.27. The molecule has 3 nitrogen and oxygen atoms in total. The lowest BCUT2D eigenvalue weighted by molar-refractivity contribution is -0.200. The number of halogens is 4. The average molecular weight is 232 g/mol. The summed E-state index contributed by atoms with van der Waals surface area (Å²) in [6.07, 6.45) is -5.40. The van der Waals surface area contributed by atoms with Crippen LogP contribution < -0.4 is 0 Å². The third-order valence-corrected chi connectivity index (χ3v) is 2.08. The molecule has 0 spiro atoms. The Labute approximate surface area is 84.0 Å². The molecular formula is C8H12F4O3. The van der Waals surface area contributed by atoms with Crippen LogP contribution in [0, 0.1) is 0 Å². The second-order valence-electron chi connectivity index (χ2n) is 3.34. The van der Waals surface area contributed by atoms with Gasteiger partial charge in [-0.15, -0.1) is 0 Å². The van der Waals surface area contributed by atoms with Crippen LogP contribution in [0.2, 0.25) is 0 Å². The van der Waals surface area contributed by atoms with Gasteiger partial charge >= 0.3 is 12.3 Å². The zero-order chi connectivity index (χ0) is 11.5. The van der Waals surface area contributed by atoms with E-state index in [1.165, 1.54) is 0 Å². The highest BCUT2D eigenvalue weighted by Crippen LogP contribution is 2.24. The van der Waals surface area contributed by atoms with Gasteiger partial charge in [-0.05, 0) is 6.42 Å². The van der Waals surface area contributed by atoms with Crippen molar-refractivity contribution in [2.45, 2.75) is 31.0 Å². The Hall–Kier alpha value is -0.400. The van der Waals surface area contributed by atoms with Gasteiger partial charge in [-0.3, -0.25) is 0 Å². The third-order valence-electron chi connectivity index (χ3n) is 2.08. The molecule has 0 aliphatic carbocycles. The molecule has 0 bridgehead atoms. The van der Waals surface area contributed by atoms with Gasteiger partial charge in [0.2, 0.25) is 0 Å². The van der Waals surface area contributed by atoms with E-state index in [9.17, 15) is 22.7 Å². The third kappa shape index (κ3) is 3.58. The summed E-state index contributed by atoms with van der Waals surface area (Å²) < 4.78 is 57.7. The van der Waals surface area contributed by atoms with Crippen LogP contribution in [0.3, 0.4) is 0 Å². The first-order chi connectivity index (χ1) is 6.93. The van der Waals surface area contributed by atoms with Gasteiger partial charge in [0.1, 0.15) is 12.7 Å². The molecule has 0 radical (unpaired) electrons. The van der Waals surface area contributed by atoms with Crippen molar-refractivity contribution in [1.29, 1.82) is 0 Å². The van der Waals surface area contributed by atoms with Crippen LogP contribution >= 0.6 is 0 Å². The van der Waals surface area contributed by atoms with Crippen LogP contribution in [0.15, 0.2) is 0 Å². The highest BCUT2D eigenvalue weighted by atomic mass is 19.3. The van der Waals surface area contributed by atoms with Gasteiger partial charge in [-0.25, -0.2) is 8.78 Å². The van der Waals surface area contributed by atoms with E-state index >= 15 is 0 Å². The second-order valence-corrected chi connectivity index (χ2v) is 3.34. The summed E-state index contributed by atoms with van der Waals surface area (Å²) >= 11 is 0. The molecule has 0 aromatic carbocycles. The molecule has 2 atom stereocenters. The first-order valence-electron chi connectivity index (χ1n) is 4.47. The topological polar surface area (TPSA) is 38.7 Å². The van der Waals surface area contributed by atoms with Crippen molar-refractivity contribution >= 4 is 0 Å². The lowest BCUT2D eigenvalue weighted by Crippen LogP contribution is -2.43. The summed E-state index contributed by atoms with van der Waals surface area (Å²) in [6.45, 7) is -1.15. The lowest BCUT2D eigenvalue weighted by Gasteiger charge is -2.29. The van der Waals surface area contributed by atoms with Crippen LogP contribution in [0.5, 0.6) is 0 Å². The number of ether oxygens (including phenoxy) is 2. The Morgan fingerprint density at radius 2 is 2.13 bits per heavy atom. The van der Waals surface area contributed by atoms with Gasteiger partial charge in [-0.2, -0.15) is 8.78 Å². The van der Waals surface area contributed by atoms with Crippen LogP contribution in [0.25, 0.3) is 0 Å². The number of aliphatic hydroxyl groups excluding tert-OH is 1. The Kier molecular flexibility index (Phi) is 4.30. The maximum absolute atomic E-state index is 12.4. The lowest BCUT2D eigenvalue weighted by atomic mass is 10.1. The SMILES string of the molecule is OC1CCOCC1OCC(F)(F)C(F)F. The van der Waals surface area contributed by atoms with E-state index in [4.69, 9.17) is 4.74 Å². The summed E-state index contributed by atoms with van der Waals surface area (Å²) in [7, 11) is 0. The molecule has 0 amide bonds. The molecule has 1 aliphatic rings. The molecule has 0 aromatic rings. The molecule has 1 saturated heterocycles. The van der Waals surface area contributed by atoms with E-state index < -0.39 is 31.2 Å². The molecule has 90 valence electrons. The van der Waals surface area contributed by atoms with Crippen molar-refractivity contribution in [2.75, 3.05) is 19.8 Å². The molecule has 2 unspecified atom stereocenters. The molecule has 1 aliphatic heterocycles. The molecule has 0 aromatic heterocycles. The summed E-state index contributed by atoms with van der Waals surface area (Å²) in [6, 6.07) is 0. The van der Waals surface area contributed by atoms with Gasteiger partial charge in [0.05, 0.1) is 12.7 Å². The van der Waals surface area contributed by atoms with Gasteiger partial charge in [0.25, 0.3) is 0 Å². The molecule has 1 fully saturated rings. The summed E-state index contributed by atoms with van der Waals surface area (Å²) in [5.74, 6) is -4.18. The van der Waals surface area contributed by atoms with E-state index in [-0.39, 0.29) is 13.0 Å². The number of rotatable bonds is 4. The van der Waals surface area contributed by atoms with Crippen molar-refractivity contribution in [3.63, 3.8) is 0 Å². The predicted octanol–water partition coefficient (Wildman–Crippen LogP) is 1.05. The van der Waals surface area contributed by atoms with E-state index in [2.05, 4.69) is 4.74 Å². The minimum absolute atomic E-state index is 0.0551. The Morgan fingerprint density at radius 3 is 2.67 bits per heavy atom. The van der Waals surface area contributed by atoms with Crippen molar-refractivity contribution in [3.05, 3.63) is 0 Å². The predicted molar refractivity (Wildman–Crippen MR) is 42.1 cm³/mol. The maximum Gasteiger partial charge on any atom is 0.330 e. The molecule has 7 heteroatoms. The van der Waals surface area contributed by atoms with Crippen molar-refractivity contribution in [2.24, 2.45) is 0 Å². The maximum atomic E-state index is 12.4. The standard InChI is InChI=1S/C8H12F4O3/c9-7(10)8(11,12)4-15-6-3-14-2-1-5(6)13/h5-7,13H,1-4H2. The van der Waals surface area contributed by atoms with Crippen LogP contribution in [0.1, 0.15) is 6.42 Å². The normalized spacial score (nSPS) is 28.4. The smallest absolute Gasteiger partial charge is 0.330 e. The molecule has 1 rings (SSSR count). The number of aliphatic hydroxyl groups is 1. The Balaban J connectivity index is 2.35. The Bertz CT molecular complexity index is 200. The highest BCUT2D eigenvalue weighted by molar-refractivity contribution is 4.75. The van der Waals surface area contributed by atoms with Crippen LogP contribution in [0.4, 0.5) is 17.6 Å². The molecule has 1 N–H and O–H groups in total. The van der Waals surface area contributed by atoms with Crippen LogP contribution in [-0.4, -0.2) is 49.5 Å². The molecule has 1 heterocycles. The van der Waals surface area contributed by atoms with E-state index in [0.717, 1.165) is 0 Å². The molecule has 15 heavy (non-hydrogen) atoms. The first-order valence-corrected chi connectivity index (χ1v) is 4.47. The van der Waals surface area contributed by atoms with Gasteiger partial charge in [-0.1, -0.05) is 0 Å². The largest absolute Gasteiger partial charge is 0.390 e. The van der Waals surface area contributed by atoms with Crippen molar-refractivity contribution in [1.82, 2.24) is 0 Å². The fourth-order valence-corrected chi connectivity index (χ4v) is 1.14. The molecular weight excluding hydrogens is 220 g/mol. The van der Waals surface area contributed by atoms with Gasteiger partial charge in [0.15, 0.2) is 0 Å². The highest BCUT2D eigenvalue weighted by Gasteiger charge is 2.42. The van der Waals surface area contributed by atoms with Gasteiger partial charge < -0.3 is 14.6 Å². The summed E-state index contributed by atoms with van der Waals surface area (Å²) in [4.78, 5) is 0. The second kappa shape index (κ2) is 5.09. The van der Waals surface area contributed by atoms with E-state index in [1.807, 2.05) is 0 Å². The quantitative estimate of drug-likeness (QED) is 0.736. The van der Waals surface area contributed by atoms with E-state index in [0.29, 0.717) is 6.61 Å². The van der Waals surface area contributed by atoms with Gasteiger partial charge in [0, 0.05) is 6.61 Å². The minimum atomic E-state index is -4.18. The van der Waals surface area contributed by atoms with E-state index in [1.54, 1.807) is 0 Å². The Morgan fingerprint density at radius 1 is 1.47 bits per heavy atom. The zero-order valence-corrected chi connectivity index (χ0v) is 7.84. The summed E-state index contributed by atoms with van der Waals surface area (Å²) in [5.41, 5.74) is 0. The van der Waals surface area contributed by atoms with Crippen LogP contribution in [-0.2, 0) is 9.47 Å². The first kappa shape index (κ1) is 12.7.